The average molecular weight is 486 g/mol. The Morgan fingerprint density at radius 3 is 2.21 bits per heavy atom. The van der Waals surface area contributed by atoms with Crippen LogP contribution in [0, 0.1) is 6.92 Å². The predicted molar refractivity (Wildman–Crippen MR) is 126 cm³/mol. The van der Waals surface area contributed by atoms with Crippen molar-refractivity contribution in [2.45, 2.75) is 76.4 Å². The summed E-state index contributed by atoms with van der Waals surface area (Å²) >= 11 is 0. The quantitative estimate of drug-likeness (QED) is 0.322. The number of carbonyl (C=O) groups excluding carboxylic acids is 1. The normalized spacial score (nSPS) is 15.6. The molecule has 2 rings (SSSR count). The second kappa shape index (κ2) is 13.3. The number of piperidine rings is 1. The minimum atomic E-state index is -3.71. The molecule has 1 aromatic carbocycles. The maximum absolute atomic E-state index is 12.1. The minimum absolute atomic E-state index is 0.0985. The summed E-state index contributed by atoms with van der Waals surface area (Å²) in [6.45, 7) is 10.6. The molecule has 0 aromatic heterocycles. The Kier molecular flexibility index (Phi) is 11.1. The number of benzene rings is 1. The third-order valence-electron chi connectivity index (χ3n) is 5.11. The summed E-state index contributed by atoms with van der Waals surface area (Å²) in [5, 5.41) is 0. The highest BCUT2D eigenvalue weighted by molar-refractivity contribution is 7.86. The fourth-order valence-corrected chi connectivity index (χ4v) is 4.24. The smallest absolute Gasteiger partial charge is 0.410 e. The lowest BCUT2D eigenvalue weighted by Crippen LogP contribution is -2.43. The zero-order valence-electron chi connectivity index (χ0n) is 20.4. The Bertz CT molecular complexity index is 810. The molecular formula is C24H39NO7S. The highest BCUT2D eigenvalue weighted by Crippen LogP contribution is 2.18. The van der Waals surface area contributed by atoms with Crippen molar-refractivity contribution in [2.24, 2.45) is 0 Å². The van der Waals surface area contributed by atoms with Crippen molar-refractivity contribution < 1.29 is 31.6 Å². The molecule has 1 aliphatic heterocycles. The van der Waals surface area contributed by atoms with E-state index in [0.717, 1.165) is 31.2 Å². The summed E-state index contributed by atoms with van der Waals surface area (Å²) in [6, 6.07) is 6.59. The Morgan fingerprint density at radius 1 is 0.970 bits per heavy atom. The van der Waals surface area contributed by atoms with Gasteiger partial charge in [0.05, 0.1) is 17.6 Å². The highest BCUT2D eigenvalue weighted by Gasteiger charge is 2.27. The third-order valence-corrected chi connectivity index (χ3v) is 6.44. The van der Waals surface area contributed by atoms with Gasteiger partial charge in [0.2, 0.25) is 0 Å². The first kappa shape index (κ1) is 27.6. The minimum Gasteiger partial charge on any atom is -0.444 e. The topological polar surface area (TPSA) is 91.4 Å². The van der Waals surface area contributed by atoms with Crippen LogP contribution in [-0.2, 0) is 28.5 Å². The molecule has 0 unspecified atom stereocenters. The summed E-state index contributed by atoms with van der Waals surface area (Å²) < 4.78 is 46.1. The number of nitrogens with zero attached hydrogens (tertiary/aromatic N) is 1. The van der Waals surface area contributed by atoms with E-state index in [9.17, 15) is 13.2 Å². The van der Waals surface area contributed by atoms with Crippen LogP contribution in [-0.4, -0.2) is 70.6 Å². The van der Waals surface area contributed by atoms with E-state index in [1.165, 1.54) is 0 Å². The predicted octanol–water partition coefficient (Wildman–Crippen LogP) is 4.30. The van der Waals surface area contributed by atoms with Gasteiger partial charge in [0, 0.05) is 32.9 Å². The number of hydrogen-bond acceptors (Lipinski definition) is 7. The molecule has 9 heteroatoms. The van der Waals surface area contributed by atoms with Crippen LogP contribution in [0.15, 0.2) is 29.2 Å². The van der Waals surface area contributed by atoms with Crippen molar-refractivity contribution >= 4 is 16.2 Å². The fourth-order valence-electron chi connectivity index (χ4n) is 3.29. The number of unbranched alkanes of at least 4 members (excludes halogenated alkanes) is 1. The van der Waals surface area contributed by atoms with Crippen molar-refractivity contribution in [3.63, 3.8) is 0 Å². The molecule has 0 atom stereocenters. The van der Waals surface area contributed by atoms with E-state index in [4.69, 9.17) is 18.4 Å². The van der Waals surface area contributed by atoms with Crippen molar-refractivity contribution in [3.8, 4) is 0 Å². The van der Waals surface area contributed by atoms with Crippen LogP contribution in [0.2, 0.25) is 0 Å². The van der Waals surface area contributed by atoms with E-state index in [-0.39, 0.29) is 23.7 Å². The van der Waals surface area contributed by atoms with Crippen molar-refractivity contribution in [1.29, 1.82) is 0 Å². The fraction of sp³-hybridized carbons (Fsp3) is 0.708. The van der Waals surface area contributed by atoms with Gasteiger partial charge in [-0.2, -0.15) is 8.42 Å². The van der Waals surface area contributed by atoms with Crippen LogP contribution in [0.3, 0.4) is 0 Å². The maximum atomic E-state index is 12.1. The summed E-state index contributed by atoms with van der Waals surface area (Å²) in [5.74, 6) is 0. The number of carbonyl (C=O) groups is 1. The van der Waals surface area contributed by atoms with Crippen LogP contribution in [0.25, 0.3) is 0 Å². The van der Waals surface area contributed by atoms with Crippen molar-refractivity contribution in [3.05, 3.63) is 29.8 Å². The van der Waals surface area contributed by atoms with E-state index in [0.29, 0.717) is 39.3 Å². The molecule has 188 valence electrons. The second-order valence-corrected chi connectivity index (χ2v) is 10.9. The molecule has 0 aliphatic carbocycles. The Labute approximate surface area is 198 Å². The molecule has 1 fully saturated rings. The number of hydrogen-bond donors (Lipinski definition) is 0. The number of ether oxygens (including phenoxy) is 3. The lowest BCUT2D eigenvalue weighted by molar-refractivity contribution is -0.0133. The zero-order chi connectivity index (χ0) is 24.3. The molecular weight excluding hydrogens is 446 g/mol. The van der Waals surface area contributed by atoms with E-state index in [1.807, 2.05) is 27.7 Å². The molecule has 0 bridgehead atoms. The molecule has 1 aromatic rings. The summed E-state index contributed by atoms with van der Waals surface area (Å²) in [5.41, 5.74) is 0.523. The van der Waals surface area contributed by atoms with Gasteiger partial charge in [-0.15, -0.1) is 0 Å². The molecule has 1 aliphatic rings. The Balaban J connectivity index is 1.45. The number of aryl methyl sites for hydroxylation is 1. The molecule has 0 spiro atoms. The molecule has 1 saturated heterocycles. The maximum Gasteiger partial charge on any atom is 0.410 e. The highest BCUT2D eigenvalue weighted by atomic mass is 32.2. The van der Waals surface area contributed by atoms with Gasteiger partial charge in [0.1, 0.15) is 5.60 Å². The Morgan fingerprint density at radius 2 is 1.58 bits per heavy atom. The first-order valence-corrected chi connectivity index (χ1v) is 13.1. The molecule has 0 N–H and O–H groups in total. The standard InChI is InChI=1S/C24H39NO7S/c1-20-8-10-22(11-9-20)33(27,28)31-19-7-17-29-16-5-6-18-30-21-12-14-25(15-13-21)23(26)32-24(2,3)4/h8-11,21H,5-7,12-19H2,1-4H3. The van der Waals surface area contributed by atoms with Gasteiger partial charge in [-0.25, -0.2) is 4.79 Å². The van der Waals surface area contributed by atoms with E-state index < -0.39 is 15.7 Å². The van der Waals surface area contributed by atoms with Gasteiger partial charge in [0.25, 0.3) is 10.1 Å². The van der Waals surface area contributed by atoms with Gasteiger partial charge in [-0.1, -0.05) is 17.7 Å². The molecule has 33 heavy (non-hydrogen) atoms. The number of rotatable bonds is 12. The van der Waals surface area contributed by atoms with Crippen LogP contribution < -0.4 is 0 Å². The van der Waals surface area contributed by atoms with Gasteiger partial charge in [-0.05, 0) is 71.9 Å². The molecule has 0 saturated carbocycles. The van der Waals surface area contributed by atoms with Crippen LogP contribution in [0.4, 0.5) is 4.79 Å². The third kappa shape index (κ3) is 10.9. The summed E-state index contributed by atoms with van der Waals surface area (Å²) in [6.07, 6.45) is 3.85. The van der Waals surface area contributed by atoms with Crippen molar-refractivity contribution in [2.75, 3.05) is 39.5 Å². The lowest BCUT2D eigenvalue weighted by atomic mass is 10.1. The van der Waals surface area contributed by atoms with E-state index in [1.54, 1.807) is 29.2 Å². The number of amides is 1. The van der Waals surface area contributed by atoms with Gasteiger partial charge in [0.15, 0.2) is 0 Å². The molecule has 1 amide bonds. The second-order valence-electron chi connectivity index (χ2n) is 9.30. The first-order chi connectivity index (χ1) is 15.6. The first-order valence-electron chi connectivity index (χ1n) is 11.7. The van der Waals surface area contributed by atoms with Gasteiger partial charge in [-0.3, -0.25) is 4.18 Å². The molecule has 8 nitrogen and oxygen atoms in total. The molecule has 0 radical (unpaired) electrons. The number of likely N-dealkylation sites (tertiary alicyclic amines) is 1. The van der Waals surface area contributed by atoms with Crippen LogP contribution >= 0.6 is 0 Å². The lowest BCUT2D eigenvalue weighted by Gasteiger charge is -2.33. The van der Waals surface area contributed by atoms with Gasteiger partial charge >= 0.3 is 6.09 Å². The SMILES string of the molecule is Cc1ccc(S(=O)(=O)OCCCOCCCCOC2CCN(C(=O)OC(C)(C)C)CC2)cc1. The van der Waals surface area contributed by atoms with Crippen LogP contribution in [0.5, 0.6) is 0 Å². The summed E-state index contributed by atoms with van der Waals surface area (Å²) in [4.78, 5) is 14.0. The Hall–Kier alpha value is -1.68. The zero-order valence-corrected chi connectivity index (χ0v) is 21.2. The van der Waals surface area contributed by atoms with E-state index in [2.05, 4.69) is 0 Å². The average Bonchev–Trinajstić information content (AvgIpc) is 2.74. The monoisotopic (exact) mass is 485 g/mol. The molecule has 1 heterocycles. The van der Waals surface area contributed by atoms with Gasteiger partial charge < -0.3 is 19.1 Å². The van der Waals surface area contributed by atoms with E-state index >= 15 is 0 Å². The van der Waals surface area contributed by atoms with Crippen LogP contribution in [0.1, 0.15) is 58.4 Å². The summed E-state index contributed by atoms with van der Waals surface area (Å²) in [7, 11) is -3.71. The van der Waals surface area contributed by atoms with Crippen molar-refractivity contribution in [1.82, 2.24) is 4.90 Å². The largest absolute Gasteiger partial charge is 0.444 e.